The molecule has 0 unspecified atom stereocenters. The number of alkyl halides is 2. The normalized spacial score (nSPS) is 24.0. The minimum Gasteiger partial charge on any atom is -0.473 e. The average Bonchev–Trinajstić information content (AvgIpc) is 2.62. The first-order valence-corrected chi connectivity index (χ1v) is 9.30. The lowest BCUT2D eigenvalue weighted by Crippen LogP contribution is -2.62. The van der Waals surface area contributed by atoms with Crippen molar-refractivity contribution in [3.8, 4) is 5.75 Å². The van der Waals surface area contributed by atoms with E-state index in [9.17, 15) is 8.78 Å². The monoisotopic (exact) mass is 420 g/mol. The molecule has 7 nitrogen and oxygen atoms in total. The zero-order chi connectivity index (χ0) is 20.8. The third-order valence-corrected chi connectivity index (χ3v) is 5.04. The van der Waals surface area contributed by atoms with Crippen molar-refractivity contribution < 1.29 is 33.3 Å². The second-order valence-corrected chi connectivity index (χ2v) is 7.19. The summed E-state index contributed by atoms with van der Waals surface area (Å²) >= 11 is 6.10. The van der Waals surface area contributed by atoms with Gasteiger partial charge in [-0.25, -0.2) is 9.59 Å². The third-order valence-electron chi connectivity index (χ3n) is 4.75. The molecule has 1 aliphatic heterocycles. The van der Waals surface area contributed by atoms with Crippen molar-refractivity contribution >= 4 is 29.2 Å². The van der Waals surface area contributed by atoms with Gasteiger partial charge in [0.15, 0.2) is 0 Å². The second kappa shape index (κ2) is 9.88. The maximum Gasteiger partial charge on any atom is 0.414 e. The number of anilines is 1. The van der Waals surface area contributed by atoms with E-state index in [0.717, 1.165) is 18.7 Å². The van der Waals surface area contributed by atoms with Crippen LogP contribution in [0.15, 0.2) is 18.2 Å². The summed E-state index contributed by atoms with van der Waals surface area (Å²) in [6.45, 7) is 0.213. The molecule has 0 bridgehead atoms. The highest BCUT2D eigenvalue weighted by atomic mass is 35.5. The number of carboxylic acid groups (broad SMARTS) is 2. The van der Waals surface area contributed by atoms with Crippen LogP contribution in [-0.2, 0) is 9.59 Å². The van der Waals surface area contributed by atoms with Crippen LogP contribution in [0.3, 0.4) is 0 Å². The summed E-state index contributed by atoms with van der Waals surface area (Å²) in [6, 6.07) is 6.44. The van der Waals surface area contributed by atoms with E-state index in [4.69, 9.17) is 31.4 Å². The van der Waals surface area contributed by atoms with Gasteiger partial charge >= 0.3 is 18.6 Å². The molecule has 1 heterocycles. The number of benzene rings is 1. The van der Waals surface area contributed by atoms with Gasteiger partial charge in [0, 0.05) is 30.4 Å². The summed E-state index contributed by atoms with van der Waals surface area (Å²) in [5.74, 6) is -3.62. The molecule has 1 aromatic rings. The lowest BCUT2D eigenvalue weighted by atomic mass is 9.86. The Morgan fingerprint density at radius 3 is 2.46 bits per heavy atom. The molecular formula is C18H23ClF2N2O5. The van der Waals surface area contributed by atoms with Crippen LogP contribution in [0.4, 0.5) is 14.5 Å². The molecule has 1 aliphatic carbocycles. The number of aliphatic carboxylic acids is 2. The predicted molar refractivity (Wildman–Crippen MR) is 99.3 cm³/mol. The van der Waals surface area contributed by atoms with Gasteiger partial charge in [-0.1, -0.05) is 24.4 Å². The van der Waals surface area contributed by atoms with Crippen molar-refractivity contribution in [3.05, 3.63) is 23.2 Å². The van der Waals surface area contributed by atoms with Crippen LogP contribution in [-0.4, -0.2) is 53.4 Å². The van der Waals surface area contributed by atoms with Crippen molar-refractivity contribution in [1.82, 2.24) is 5.32 Å². The Hall–Kier alpha value is -2.13. The van der Waals surface area contributed by atoms with Crippen molar-refractivity contribution in [1.29, 1.82) is 0 Å². The minimum atomic E-state index is -2.86. The fourth-order valence-electron chi connectivity index (χ4n) is 3.68. The predicted octanol–water partition coefficient (Wildman–Crippen LogP) is 3.21. The molecule has 28 heavy (non-hydrogen) atoms. The first-order chi connectivity index (χ1) is 13.2. The smallest absolute Gasteiger partial charge is 0.414 e. The SMILES string of the molecule is C[C@H]1CN(c2ccc(OC(F)F)c(Cl)c2)[C@@H]2CCCC[C@H]2N1.O=C(O)C(=O)O. The number of piperazine rings is 1. The van der Waals surface area contributed by atoms with Gasteiger partial charge < -0.3 is 25.2 Å². The van der Waals surface area contributed by atoms with E-state index >= 15 is 0 Å². The van der Waals surface area contributed by atoms with Gasteiger partial charge in [0.05, 0.1) is 5.02 Å². The molecular weight excluding hydrogens is 398 g/mol. The first-order valence-electron chi connectivity index (χ1n) is 8.92. The lowest BCUT2D eigenvalue weighted by molar-refractivity contribution is -0.159. The molecule has 3 atom stereocenters. The van der Waals surface area contributed by atoms with Crippen molar-refractivity contribution in [2.45, 2.75) is 57.3 Å². The van der Waals surface area contributed by atoms with Crippen LogP contribution < -0.4 is 15.0 Å². The summed E-state index contributed by atoms with van der Waals surface area (Å²) in [6.07, 6.45) is 4.83. The molecule has 1 saturated heterocycles. The summed E-state index contributed by atoms with van der Waals surface area (Å²) in [4.78, 5) is 20.6. The Morgan fingerprint density at radius 2 is 1.89 bits per heavy atom. The van der Waals surface area contributed by atoms with Gasteiger partial charge in [0.25, 0.3) is 0 Å². The number of hydrogen-bond acceptors (Lipinski definition) is 5. The maximum absolute atomic E-state index is 12.3. The van der Waals surface area contributed by atoms with E-state index in [0.29, 0.717) is 18.1 Å². The summed E-state index contributed by atoms with van der Waals surface area (Å²) in [7, 11) is 0. The highest BCUT2D eigenvalue weighted by Crippen LogP contribution is 2.35. The number of ether oxygens (including phenoxy) is 1. The molecule has 3 rings (SSSR count). The standard InChI is InChI=1S/C16H21ClF2N2O.C2H2O4/c1-10-9-21(14-5-3-2-4-13(14)20-10)11-6-7-15(12(17)8-11)22-16(18)19;3-1(4)2(5)6/h6-8,10,13-14,16,20H,2-5,9H2,1H3;(H,3,4)(H,5,6)/t10-,13+,14+;/m0./s1. The minimum absolute atomic E-state index is 0.0313. The number of carboxylic acids is 2. The van der Waals surface area contributed by atoms with Crippen molar-refractivity contribution in [3.63, 3.8) is 0 Å². The zero-order valence-corrected chi connectivity index (χ0v) is 16.0. The summed E-state index contributed by atoms with van der Waals surface area (Å²) in [5, 5.41) is 18.7. The van der Waals surface area contributed by atoms with Gasteiger partial charge in [-0.15, -0.1) is 0 Å². The summed E-state index contributed by atoms with van der Waals surface area (Å²) < 4.78 is 29.1. The molecule has 2 fully saturated rings. The number of halogens is 3. The van der Waals surface area contributed by atoms with Crippen LogP contribution in [0.25, 0.3) is 0 Å². The Labute approximate surface area is 166 Å². The Kier molecular flexibility index (Phi) is 7.82. The molecule has 0 aromatic heterocycles. The molecule has 0 amide bonds. The van der Waals surface area contributed by atoms with Crippen LogP contribution in [0, 0.1) is 0 Å². The molecule has 0 radical (unpaired) electrons. The second-order valence-electron chi connectivity index (χ2n) is 6.78. The van der Waals surface area contributed by atoms with E-state index in [2.05, 4.69) is 21.9 Å². The molecule has 1 saturated carbocycles. The van der Waals surface area contributed by atoms with E-state index in [-0.39, 0.29) is 10.8 Å². The topological polar surface area (TPSA) is 99.1 Å². The highest BCUT2D eigenvalue weighted by Gasteiger charge is 2.35. The zero-order valence-electron chi connectivity index (χ0n) is 15.3. The fraction of sp³-hybridized carbons (Fsp3) is 0.556. The summed E-state index contributed by atoms with van der Waals surface area (Å²) in [5.41, 5.74) is 0.983. The van der Waals surface area contributed by atoms with Crippen molar-refractivity contribution in [2.75, 3.05) is 11.4 Å². The average molecular weight is 421 g/mol. The molecule has 2 aliphatic rings. The molecule has 0 spiro atoms. The number of carbonyl (C=O) groups is 2. The largest absolute Gasteiger partial charge is 0.473 e. The highest BCUT2D eigenvalue weighted by molar-refractivity contribution is 6.32. The van der Waals surface area contributed by atoms with E-state index in [1.807, 2.05) is 6.07 Å². The van der Waals surface area contributed by atoms with Crippen molar-refractivity contribution in [2.24, 2.45) is 0 Å². The lowest BCUT2D eigenvalue weighted by Gasteiger charge is -2.48. The number of hydrogen-bond donors (Lipinski definition) is 3. The van der Waals surface area contributed by atoms with Gasteiger partial charge in [0.1, 0.15) is 5.75 Å². The number of fused-ring (bicyclic) bond motifs is 1. The van der Waals surface area contributed by atoms with Crippen LogP contribution in [0.1, 0.15) is 32.6 Å². The molecule has 1 aromatic carbocycles. The van der Waals surface area contributed by atoms with E-state index in [1.165, 1.54) is 25.3 Å². The Bertz CT molecular complexity index is 695. The number of nitrogens with one attached hydrogen (secondary N) is 1. The van der Waals surface area contributed by atoms with E-state index < -0.39 is 18.6 Å². The third kappa shape index (κ3) is 5.93. The number of nitrogens with zero attached hydrogens (tertiary/aromatic N) is 1. The van der Waals surface area contributed by atoms with Crippen LogP contribution >= 0.6 is 11.6 Å². The van der Waals surface area contributed by atoms with E-state index in [1.54, 1.807) is 6.07 Å². The molecule has 156 valence electrons. The Balaban J connectivity index is 0.000000409. The molecule has 3 N–H and O–H groups in total. The fourth-order valence-corrected chi connectivity index (χ4v) is 3.90. The van der Waals surface area contributed by atoms with Gasteiger partial charge in [0.2, 0.25) is 0 Å². The van der Waals surface area contributed by atoms with Gasteiger partial charge in [-0.3, -0.25) is 0 Å². The Morgan fingerprint density at radius 1 is 1.25 bits per heavy atom. The van der Waals surface area contributed by atoms with Gasteiger partial charge in [-0.2, -0.15) is 8.78 Å². The number of rotatable bonds is 3. The maximum atomic E-state index is 12.3. The van der Waals surface area contributed by atoms with Gasteiger partial charge in [-0.05, 0) is 38.0 Å². The first kappa shape index (κ1) is 22.2. The van der Waals surface area contributed by atoms with Crippen LogP contribution in [0.5, 0.6) is 5.75 Å². The quantitative estimate of drug-likeness (QED) is 0.646. The van der Waals surface area contributed by atoms with Crippen LogP contribution in [0.2, 0.25) is 5.02 Å². The molecule has 10 heteroatoms.